The molecular weight excluding hydrogens is 110 g/mol. The fraction of sp³-hybridized carbons (Fsp3) is 0. The van der Waals surface area contributed by atoms with Gasteiger partial charge in [0.2, 0.25) is 0 Å². The lowest BCUT2D eigenvalue weighted by atomic mass is 10.5. The second kappa shape index (κ2) is 4.93. The summed E-state index contributed by atoms with van der Waals surface area (Å²) in [5, 5.41) is 2.92. The van der Waals surface area contributed by atoms with Gasteiger partial charge in [0.1, 0.15) is 0 Å². The maximum absolute atomic E-state index is 2.92. The number of hydrogen-bond acceptors (Lipinski definition) is 1. The number of nitrogens with one attached hydrogen (secondary N) is 1. The second-order valence-electron chi connectivity index (χ2n) is 1.27. The van der Waals surface area contributed by atoms with E-state index in [-0.39, 0.29) is 23.1 Å². The molecule has 1 nitrogen and oxygen atoms in total. The molecule has 8 heavy (non-hydrogen) atoms. The molecule has 0 spiro atoms. The highest BCUT2D eigenvalue weighted by Gasteiger charge is 1.67. The number of rotatable bonds is 0. The van der Waals surface area contributed by atoms with Gasteiger partial charge in [-0.2, -0.15) is 0 Å². The van der Waals surface area contributed by atoms with Crippen molar-refractivity contribution in [3.05, 3.63) is 36.7 Å². The van der Waals surface area contributed by atoms with E-state index in [1.807, 2.05) is 36.7 Å². The van der Waals surface area contributed by atoms with Crippen LogP contribution < -0.4 is 5.32 Å². The highest BCUT2D eigenvalue weighted by molar-refractivity contribution is 5.75. The molecule has 0 fully saturated rings. The Kier molecular flexibility index (Phi) is 4.80. The Morgan fingerprint density at radius 1 is 0.750 bits per heavy atom. The molecule has 0 aromatic rings. The third-order valence-corrected chi connectivity index (χ3v) is 0.718. The molecule has 1 aliphatic heterocycles. The first-order chi connectivity index (χ1) is 3.50. The van der Waals surface area contributed by atoms with Crippen LogP contribution in [0.1, 0.15) is 0 Å². The Labute approximate surface area is 65.3 Å². The van der Waals surface area contributed by atoms with Crippen molar-refractivity contribution in [2.45, 2.75) is 0 Å². The van der Waals surface area contributed by atoms with E-state index in [9.17, 15) is 0 Å². The molecule has 0 saturated heterocycles. The van der Waals surface area contributed by atoms with Gasteiger partial charge in [-0.3, -0.25) is 0 Å². The second-order valence-corrected chi connectivity index (χ2v) is 1.27. The molecule has 0 aliphatic carbocycles. The molecule has 1 heterocycles. The lowest BCUT2D eigenvalue weighted by Gasteiger charge is -1.79. The quantitative estimate of drug-likeness (QED) is 0.451. The van der Waals surface area contributed by atoms with Crippen LogP contribution in [0.25, 0.3) is 0 Å². The SMILES string of the molecule is C1=CC=CNC=C1.[MgH2]. The monoisotopic (exact) mass is 119 g/mol. The van der Waals surface area contributed by atoms with E-state index in [4.69, 9.17) is 0 Å². The van der Waals surface area contributed by atoms with Gasteiger partial charge in [0.05, 0.1) is 0 Å². The standard InChI is InChI=1S/C6H7N.Mg.2H/c1-2-4-6-7-5-3-1;;;/h1-7H;;;. The van der Waals surface area contributed by atoms with E-state index in [1.54, 1.807) is 0 Å². The summed E-state index contributed by atoms with van der Waals surface area (Å²) in [5.74, 6) is 0. The predicted octanol–water partition coefficient (Wildman–Crippen LogP) is 0.257. The lowest BCUT2D eigenvalue weighted by molar-refractivity contribution is 1.20. The highest BCUT2D eigenvalue weighted by atomic mass is 24.3. The van der Waals surface area contributed by atoms with Gasteiger partial charge >= 0.3 is 23.1 Å². The molecule has 0 amide bonds. The van der Waals surface area contributed by atoms with E-state index in [1.165, 1.54) is 0 Å². The van der Waals surface area contributed by atoms with Crippen LogP contribution in [0.15, 0.2) is 36.7 Å². The average Bonchev–Trinajstić information content (AvgIpc) is 1.90. The molecule has 1 N–H and O–H groups in total. The summed E-state index contributed by atoms with van der Waals surface area (Å²) in [7, 11) is 0. The Balaban J connectivity index is 0.000000490. The molecule has 0 radical (unpaired) electrons. The Bertz CT molecular complexity index is 110. The van der Waals surface area contributed by atoms with Crippen LogP contribution in [0.2, 0.25) is 0 Å². The average molecular weight is 119 g/mol. The first kappa shape index (κ1) is 7.79. The molecule has 40 valence electrons. The summed E-state index contributed by atoms with van der Waals surface area (Å²) in [6.45, 7) is 0. The van der Waals surface area contributed by atoms with Crippen LogP contribution in [-0.4, -0.2) is 23.1 Å². The molecule has 0 saturated carbocycles. The summed E-state index contributed by atoms with van der Waals surface area (Å²) in [5.41, 5.74) is 0. The third-order valence-electron chi connectivity index (χ3n) is 0.718. The van der Waals surface area contributed by atoms with Crippen molar-refractivity contribution in [1.29, 1.82) is 0 Å². The van der Waals surface area contributed by atoms with Gasteiger partial charge < -0.3 is 5.32 Å². The van der Waals surface area contributed by atoms with Crippen LogP contribution >= 0.6 is 0 Å². The van der Waals surface area contributed by atoms with Gasteiger partial charge in [0.15, 0.2) is 0 Å². The van der Waals surface area contributed by atoms with E-state index >= 15 is 0 Å². The van der Waals surface area contributed by atoms with E-state index in [0.717, 1.165) is 0 Å². The molecule has 0 aromatic carbocycles. The Morgan fingerprint density at radius 2 is 1.25 bits per heavy atom. The minimum Gasteiger partial charge on any atom is -0.368 e. The predicted molar refractivity (Wildman–Crippen MR) is 39.1 cm³/mol. The zero-order valence-electron chi connectivity index (χ0n) is 3.96. The van der Waals surface area contributed by atoms with Gasteiger partial charge in [-0.25, -0.2) is 0 Å². The summed E-state index contributed by atoms with van der Waals surface area (Å²) in [6.07, 6.45) is 11.6. The van der Waals surface area contributed by atoms with Crippen molar-refractivity contribution in [3.63, 3.8) is 0 Å². The van der Waals surface area contributed by atoms with Crippen molar-refractivity contribution >= 4 is 23.1 Å². The molecule has 1 aliphatic rings. The van der Waals surface area contributed by atoms with Crippen molar-refractivity contribution < 1.29 is 0 Å². The van der Waals surface area contributed by atoms with Gasteiger partial charge in [-0.05, 0) is 12.2 Å². The molecular formula is C6H9MgN. The van der Waals surface area contributed by atoms with Crippen molar-refractivity contribution in [3.8, 4) is 0 Å². The largest absolute Gasteiger partial charge is 0.368 e. The van der Waals surface area contributed by atoms with Gasteiger partial charge in [-0.1, -0.05) is 12.2 Å². The zero-order valence-corrected chi connectivity index (χ0v) is 3.96. The van der Waals surface area contributed by atoms with E-state index in [2.05, 4.69) is 5.32 Å². The third kappa shape index (κ3) is 2.88. The molecule has 2 heteroatoms. The first-order valence-corrected chi connectivity index (χ1v) is 2.24. The summed E-state index contributed by atoms with van der Waals surface area (Å²) >= 11 is 0. The zero-order chi connectivity index (χ0) is 4.95. The van der Waals surface area contributed by atoms with Crippen molar-refractivity contribution in [2.24, 2.45) is 0 Å². The fourth-order valence-corrected chi connectivity index (χ4v) is 0.406. The Morgan fingerprint density at radius 3 is 1.75 bits per heavy atom. The molecule has 0 unspecified atom stereocenters. The number of allylic oxidation sites excluding steroid dienone is 4. The first-order valence-electron chi connectivity index (χ1n) is 2.24. The normalized spacial score (nSPS) is 14.0. The maximum Gasteiger partial charge on any atom is 0.316 e. The molecule has 0 aromatic heterocycles. The maximum atomic E-state index is 2.92. The van der Waals surface area contributed by atoms with Crippen molar-refractivity contribution in [2.75, 3.05) is 0 Å². The minimum absolute atomic E-state index is 0. The van der Waals surface area contributed by atoms with Gasteiger partial charge in [-0.15, -0.1) is 0 Å². The molecule has 0 bridgehead atoms. The topological polar surface area (TPSA) is 12.0 Å². The fourth-order valence-electron chi connectivity index (χ4n) is 0.406. The van der Waals surface area contributed by atoms with E-state index < -0.39 is 0 Å². The van der Waals surface area contributed by atoms with Crippen LogP contribution in [0.3, 0.4) is 0 Å². The lowest BCUT2D eigenvalue weighted by Crippen LogP contribution is -1.87. The van der Waals surface area contributed by atoms with Crippen molar-refractivity contribution in [1.82, 2.24) is 5.32 Å². The number of hydrogen-bond donors (Lipinski definition) is 1. The highest BCUT2D eigenvalue weighted by Crippen LogP contribution is 1.81. The Hall–Kier alpha value is -0.214. The molecule has 1 rings (SSSR count). The van der Waals surface area contributed by atoms with Gasteiger partial charge in [0, 0.05) is 12.4 Å². The van der Waals surface area contributed by atoms with E-state index in [0.29, 0.717) is 0 Å². The summed E-state index contributed by atoms with van der Waals surface area (Å²) < 4.78 is 0. The van der Waals surface area contributed by atoms with Crippen LogP contribution in [0, 0.1) is 0 Å². The smallest absolute Gasteiger partial charge is 0.316 e. The van der Waals surface area contributed by atoms with Crippen LogP contribution in [0.5, 0.6) is 0 Å². The molecule has 0 atom stereocenters. The minimum atomic E-state index is 0. The summed E-state index contributed by atoms with van der Waals surface area (Å²) in [4.78, 5) is 0. The van der Waals surface area contributed by atoms with Crippen LogP contribution in [0.4, 0.5) is 0 Å². The summed E-state index contributed by atoms with van der Waals surface area (Å²) in [6, 6.07) is 0. The van der Waals surface area contributed by atoms with Gasteiger partial charge in [0.25, 0.3) is 0 Å². The van der Waals surface area contributed by atoms with Crippen LogP contribution in [-0.2, 0) is 0 Å².